The Balaban J connectivity index is 2.12. The number of ether oxygens (including phenoxy) is 1. The maximum Gasteiger partial charge on any atom is 0.162 e. The maximum atomic E-state index is 13.6. The quantitative estimate of drug-likeness (QED) is 0.781. The van der Waals surface area contributed by atoms with Gasteiger partial charge in [0.2, 0.25) is 0 Å². The van der Waals surface area contributed by atoms with Gasteiger partial charge in [-0.15, -0.1) is 0 Å². The van der Waals surface area contributed by atoms with Crippen molar-refractivity contribution in [2.45, 2.75) is 13.2 Å². The third-order valence-electron chi connectivity index (χ3n) is 2.62. The normalized spacial score (nSPS) is 13.8. The summed E-state index contributed by atoms with van der Waals surface area (Å²) < 4.78 is 18.9. The van der Waals surface area contributed by atoms with Crippen molar-refractivity contribution in [3.8, 4) is 11.4 Å². The van der Waals surface area contributed by atoms with Crippen LogP contribution in [0.3, 0.4) is 0 Å². The van der Waals surface area contributed by atoms with E-state index in [2.05, 4.69) is 9.97 Å². The minimum atomic E-state index is -0.381. The van der Waals surface area contributed by atoms with Crippen molar-refractivity contribution in [1.29, 1.82) is 0 Å². The van der Waals surface area contributed by atoms with Crippen LogP contribution in [0.1, 0.15) is 11.3 Å². The van der Waals surface area contributed by atoms with Gasteiger partial charge in [0, 0.05) is 16.8 Å². The van der Waals surface area contributed by atoms with Crippen LogP contribution in [0.25, 0.3) is 11.4 Å². The van der Waals surface area contributed by atoms with Gasteiger partial charge in [0.15, 0.2) is 5.82 Å². The first-order chi connectivity index (χ1) is 8.24. The molecule has 0 N–H and O–H groups in total. The average Bonchev–Trinajstić information content (AvgIpc) is 2.79. The topological polar surface area (TPSA) is 35.0 Å². The Labute approximate surface area is 102 Å². The van der Waals surface area contributed by atoms with E-state index >= 15 is 0 Å². The number of nitrogens with zero attached hydrogens (tertiary/aromatic N) is 2. The molecule has 17 heavy (non-hydrogen) atoms. The zero-order chi connectivity index (χ0) is 11.8. The summed E-state index contributed by atoms with van der Waals surface area (Å²) in [5.41, 5.74) is 2.08. The molecule has 2 heterocycles. The Kier molecular flexibility index (Phi) is 2.53. The molecular weight excluding hydrogens is 243 g/mol. The average molecular weight is 251 g/mol. The van der Waals surface area contributed by atoms with Gasteiger partial charge in [-0.2, -0.15) is 0 Å². The minimum Gasteiger partial charge on any atom is -0.370 e. The van der Waals surface area contributed by atoms with E-state index in [1.165, 1.54) is 18.2 Å². The molecule has 0 saturated carbocycles. The van der Waals surface area contributed by atoms with E-state index in [1.807, 2.05) is 0 Å². The van der Waals surface area contributed by atoms with Crippen molar-refractivity contribution in [3.63, 3.8) is 0 Å². The summed E-state index contributed by atoms with van der Waals surface area (Å²) in [6.45, 7) is 0.973. The molecule has 1 aromatic carbocycles. The van der Waals surface area contributed by atoms with E-state index < -0.39 is 0 Å². The smallest absolute Gasteiger partial charge is 0.162 e. The number of benzene rings is 1. The Morgan fingerprint density at radius 1 is 1.29 bits per heavy atom. The fourth-order valence-corrected chi connectivity index (χ4v) is 1.92. The lowest BCUT2D eigenvalue weighted by Gasteiger charge is -2.04. The number of hydrogen-bond donors (Lipinski definition) is 0. The molecule has 0 saturated heterocycles. The third-order valence-corrected chi connectivity index (χ3v) is 2.85. The monoisotopic (exact) mass is 250 g/mol. The SMILES string of the molecule is Fc1ccc(Cl)cc1-c1ncc2c(n1)COC2. The molecule has 1 aromatic heterocycles. The van der Waals surface area contributed by atoms with Crippen molar-refractivity contribution in [2.24, 2.45) is 0 Å². The highest BCUT2D eigenvalue weighted by atomic mass is 35.5. The summed E-state index contributed by atoms with van der Waals surface area (Å²) in [5, 5.41) is 0.460. The number of aromatic nitrogens is 2. The van der Waals surface area contributed by atoms with Gasteiger partial charge in [0.25, 0.3) is 0 Å². The second kappa shape index (κ2) is 4.05. The highest BCUT2D eigenvalue weighted by Gasteiger charge is 2.16. The molecule has 0 aliphatic carbocycles. The fourth-order valence-electron chi connectivity index (χ4n) is 1.74. The first kappa shape index (κ1) is 10.6. The lowest BCUT2D eigenvalue weighted by molar-refractivity contribution is 0.133. The first-order valence-electron chi connectivity index (χ1n) is 5.12. The molecule has 0 atom stereocenters. The van der Waals surface area contributed by atoms with E-state index in [0.717, 1.165) is 11.3 Å². The van der Waals surface area contributed by atoms with Crippen LogP contribution in [0.15, 0.2) is 24.4 Å². The Morgan fingerprint density at radius 3 is 3.06 bits per heavy atom. The van der Waals surface area contributed by atoms with E-state index in [1.54, 1.807) is 6.20 Å². The lowest BCUT2D eigenvalue weighted by atomic mass is 10.2. The van der Waals surface area contributed by atoms with Gasteiger partial charge in [-0.25, -0.2) is 14.4 Å². The molecule has 86 valence electrons. The third kappa shape index (κ3) is 1.90. The molecule has 0 radical (unpaired) electrons. The number of hydrogen-bond acceptors (Lipinski definition) is 3. The summed E-state index contributed by atoms with van der Waals surface area (Å²) in [7, 11) is 0. The molecule has 3 nitrogen and oxygen atoms in total. The van der Waals surface area contributed by atoms with Crippen LogP contribution in [-0.4, -0.2) is 9.97 Å². The molecule has 0 fully saturated rings. The van der Waals surface area contributed by atoms with Crippen LogP contribution < -0.4 is 0 Å². The predicted octanol–water partition coefficient (Wildman–Crippen LogP) is 2.97. The Hall–Kier alpha value is -1.52. The van der Waals surface area contributed by atoms with Crippen LogP contribution in [0.2, 0.25) is 5.02 Å². The van der Waals surface area contributed by atoms with Crippen LogP contribution in [0.4, 0.5) is 4.39 Å². The molecule has 0 bridgehead atoms. The van der Waals surface area contributed by atoms with E-state index in [9.17, 15) is 4.39 Å². The van der Waals surface area contributed by atoms with Crippen LogP contribution in [0, 0.1) is 5.82 Å². The van der Waals surface area contributed by atoms with Gasteiger partial charge >= 0.3 is 0 Å². The molecule has 3 rings (SSSR count). The van der Waals surface area contributed by atoms with Crippen molar-refractivity contribution in [2.75, 3.05) is 0 Å². The van der Waals surface area contributed by atoms with Gasteiger partial charge in [-0.1, -0.05) is 11.6 Å². The molecule has 2 aromatic rings. The van der Waals surface area contributed by atoms with Crippen LogP contribution in [-0.2, 0) is 18.0 Å². The number of halogens is 2. The standard InChI is InChI=1S/C12H8ClFN2O/c13-8-1-2-10(14)9(3-8)12-15-4-7-5-17-6-11(7)16-12/h1-4H,5-6H2. The zero-order valence-corrected chi connectivity index (χ0v) is 9.54. The Morgan fingerprint density at radius 2 is 2.18 bits per heavy atom. The highest BCUT2D eigenvalue weighted by molar-refractivity contribution is 6.30. The fraction of sp³-hybridized carbons (Fsp3) is 0.167. The molecule has 1 aliphatic rings. The first-order valence-corrected chi connectivity index (χ1v) is 5.50. The summed E-state index contributed by atoms with van der Waals surface area (Å²) >= 11 is 5.84. The van der Waals surface area contributed by atoms with Crippen LogP contribution >= 0.6 is 11.6 Å². The van der Waals surface area contributed by atoms with Gasteiger partial charge < -0.3 is 4.74 Å². The molecular formula is C12H8ClFN2O. The summed E-state index contributed by atoms with van der Waals surface area (Å²) in [4.78, 5) is 8.42. The lowest BCUT2D eigenvalue weighted by Crippen LogP contribution is -1.97. The zero-order valence-electron chi connectivity index (χ0n) is 8.78. The van der Waals surface area contributed by atoms with Crippen molar-refractivity contribution in [3.05, 3.63) is 46.5 Å². The summed E-state index contributed by atoms with van der Waals surface area (Å²) in [5.74, 6) is -0.0393. The van der Waals surface area contributed by atoms with E-state index in [4.69, 9.17) is 16.3 Å². The van der Waals surface area contributed by atoms with Gasteiger partial charge in [0.1, 0.15) is 5.82 Å². The van der Waals surface area contributed by atoms with E-state index in [0.29, 0.717) is 29.6 Å². The van der Waals surface area contributed by atoms with E-state index in [-0.39, 0.29) is 5.82 Å². The maximum absolute atomic E-state index is 13.6. The predicted molar refractivity (Wildman–Crippen MR) is 60.9 cm³/mol. The van der Waals surface area contributed by atoms with Crippen LogP contribution in [0.5, 0.6) is 0 Å². The molecule has 0 spiro atoms. The number of rotatable bonds is 1. The largest absolute Gasteiger partial charge is 0.370 e. The number of fused-ring (bicyclic) bond motifs is 1. The van der Waals surface area contributed by atoms with Gasteiger partial charge in [-0.05, 0) is 18.2 Å². The molecule has 0 amide bonds. The molecule has 0 unspecified atom stereocenters. The van der Waals surface area contributed by atoms with Gasteiger partial charge in [-0.3, -0.25) is 0 Å². The summed E-state index contributed by atoms with van der Waals surface area (Å²) in [6, 6.07) is 4.33. The summed E-state index contributed by atoms with van der Waals surface area (Å²) in [6.07, 6.45) is 1.67. The highest BCUT2D eigenvalue weighted by Crippen LogP contribution is 2.25. The van der Waals surface area contributed by atoms with Crippen molar-refractivity contribution >= 4 is 11.6 Å². The Bertz CT molecular complexity index is 589. The molecule has 5 heteroatoms. The van der Waals surface area contributed by atoms with Gasteiger partial charge in [0.05, 0.1) is 24.5 Å². The second-order valence-electron chi connectivity index (χ2n) is 3.78. The van der Waals surface area contributed by atoms with Crippen molar-refractivity contribution < 1.29 is 9.13 Å². The van der Waals surface area contributed by atoms with Crippen molar-refractivity contribution in [1.82, 2.24) is 9.97 Å². The second-order valence-corrected chi connectivity index (χ2v) is 4.22. The minimum absolute atomic E-state index is 0.312. The molecule has 1 aliphatic heterocycles.